The Kier molecular flexibility index (Phi) is 7.04. The van der Waals surface area contributed by atoms with Crippen LogP contribution in [-0.4, -0.2) is 30.6 Å². The first-order valence-electron chi connectivity index (χ1n) is 10.0. The maximum absolute atomic E-state index is 13.0. The molecular weight excluding hydrogens is 342 g/mol. The zero-order chi connectivity index (χ0) is 19.1. The van der Waals surface area contributed by atoms with Crippen LogP contribution in [0.5, 0.6) is 5.75 Å². The van der Waals surface area contributed by atoms with Crippen molar-refractivity contribution in [3.63, 3.8) is 0 Å². The number of hydrogen-bond acceptors (Lipinski definition) is 5. The zero-order valence-corrected chi connectivity index (χ0v) is 16.0. The van der Waals surface area contributed by atoms with Crippen LogP contribution in [0.4, 0.5) is 0 Å². The van der Waals surface area contributed by atoms with E-state index in [1.54, 1.807) is 6.07 Å². The van der Waals surface area contributed by atoms with E-state index in [4.69, 9.17) is 9.15 Å². The summed E-state index contributed by atoms with van der Waals surface area (Å²) < 4.78 is 11.7. The van der Waals surface area contributed by atoms with Crippen LogP contribution in [0, 0.1) is 5.92 Å². The summed E-state index contributed by atoms with van der Waals surface area (Å²) in [6.45, 7) is 2.65. The molecule has 1 heterocycles. The van der Waals surface area contributed by atoms with Crippen molar-refractivity contribution in [2.75, 3.05) is 13.2 Å². The lowest BCUT2D eigenvalue weighted by Gasteiger charge is -2.21. The Labute approximate surface area is 160 Å². The second-order valence-corrected chi connectivity index (χ2v) is 7.37. The molecule has 5 heteroatoms. The minimum absolute atomic E-state index is 0.0288. The third kappa shape index (κ3) is 4.98. The lowest BCUT2D eigenvalue weighted by molar-refractivity contribution is 0.210. The van der Waals surface area contributed by atoms with Gasteiger partial charge in [0.1, 0.15) is 23.0 Å². The Bertz CT molecular complexity index is 821. The van der Waals surface area contributed by atoms with E-state index in [1.165, 1.54) is 44.6 Å². The van der Waals surface area contributed by atoms with Gasteiger partial charge >= 0.3 is 0 Å². The van der Waals surface area contributed by atoms with Gasteiger partial charge in [-0.1, -0.05) is 38.7 Å². The van der Waals surface area contributed by atoms with Gasteiger partial charge in [-0.2, -0.15) is 0 Å². The van der Waals surface area contributed by atoms with Crippen molar-refractivity contribution < 1.29 is 14.3 Å². The minimum atomic E-state index is -0.192. The molecule has 2 aromatic rings. The Morgan fingerprint density at radius 1 is 1.33 bits per heavy atom. The topological polar surface area (TPSA) is 72.0 Å². The molecule has 1 fully saturated rings. The second-order valence-electron chi connectivity index (χ2n) is 7.37. The van der Waals surface area contributed by atoms with Crippen molar-refractivity contribution in [1.82, 2.24) is 0 Å². The minimum Gasteiger partial charge on any atom is -0.492 e. The van der Waals surface area contributed by atoms with Gasteiger partial charge in [-0.05, 0) is 37.3 Å². The molecule has 3 rings (SSSR count). The summed E-state index contributed by atoms with van der Waals surface area (Å²) in [5, 5.41) is 9.84. The molecule has 0 bridgehead atoms. The molecule has 5 nitrogen and oxygen atoms in total. The van der Waals surface area contributed by atoms with Gasteiger partial charge in [0.2, 0.25) is 5.43 Å². The molecule has 0 aliphatic heterocycles. The van der Waals surface area contributed by atoms with Gasteiger partial charge in [-0.3, -0.25) is 9.79 Å². The summed E-state index contributed by atoms with van der Waals surface area (Å²) in [5.41, 5.74) is 0.753. The van der Waals surface area contributed by atoms with Crippen LogP contribution in [0.3, 0.4) is 0 Å². The molecule has 146 valence electrons. The molecule has 0 saturated heterocycles. The molecule has 1 N–H and O–H groups in total. The van der Waals surface area contributed by atoms with E-state index in [2.05, 4.69) is 4.99 Å². The summed E-state index contributed by atoms with van der Waals surface area (Å²) in [7, 11) is 0. The fourth-order valence-electron chi connectivity index (χ4n) is 3.66. The van der Waals surface area contributed by atoms with Crippen LogP contribution >= 0.6 is 0 Å². The van der Waals surface area contributed by atoms with E-state index < -0.39 is 0 Å². The summed E-state index contributed by atoms with van der Waals surface area (Å²) in [6.07, 6.45) is 10.9. The van der Waals surface area contributed by atoms with E-state index >= 15 is 0 Å². The Morgan fingerprint density at radius 2 is 2.15 bits per heavy atom. The predicted molar refractivity (Wildman–Crippen MR) is 108 cm³/mol. The predicted octanol–water partition coefficient (Wildman–Crippen LogP) is 4.33. The van der Waals surface area contributed by atoms with Crippen molar-refractivity contribution in [3.8, 4) is 5.75 Å². The lowest BCUT2D eigenvalue weighted by atomic mass is 9.90. The molecule has 1 aromatic carbocycles. The first-order chi connectivity index (χ1) is 13.2. The number of aliphatic hydroxyl groups is 1. The van der Waals surface area contributed by atoms with Crippen LogP contribution in [0.2, 0.25) is 0 Å². The van der Waals surface area contributed by atoms with Crippen LogP contribution in [0.25, 0.3) is 11.0 Å². The molecule has 0 radical (unpaired) electrons. The van der Waals surface area contributed by atoms with E-state index in [-0.39, 0.29) is 18.1 Å². The van der Waals surface area contributed by atoms with E-state index in [0.717, 1.165) is 12.8 Å². The molecule has 1 aliphatic rings. The van der Waals surface area contributed by atoms with Crippen molar-refractivity contribution >= 4 is 17.2 Å². The standard InChI is InChI=1S/C22H29NO4/c1-2-7-18(13-24)23-12-17-15-27-20-11-6-10-19(21(20)22(17)25)26-14-16-8-4-3-5-9-16/h6,10-12,15-16,18,24H,2-5,7-9,13-14H2,1H3. The summed E-state index contributed by atoms with van der Waals surface area (Å²) in [5.74, 6) is 1.14. The highest BCUT2D eigenvalue weighted by atomic mass is 16.5. The zero-order valence-electron chi connectivity index (χ0n) is 16.0. The molecule has 0 spiro atoms. The van der Waals surface area contributed by atoms with Gasteiger partial charge in [0.05, 0.1) is 24.8 Å². The van der Waals surface area contributed by atoms with Crippen LogP contribution in [-0.2, 0) is 0 Å². The van der Waals surface area contributed by atoms with Crippen molar-refractivity contribution in [1.29, 1.82) is 0 Å². The molecular formula is C22H29NO4. The van der Waals surface area contributed by atoms with Gasteiger partial charge in [0, 0.05) is 6.21 Å². The van der Waals surface area contributed by atoms with Gasteiger partial charge < -0.3 is 14.3 Å². The maximum Gasteiger partial charge on any atom is 0.205 e. The van der Waals surface area contributed by atoms with Gasteiger partial charge in [-0.25, -0.2) is 0 Å². The number of rotatable bonds is 8. The largest absolute Gasteiger partial charge is 0.492 e. The molecule has 1 aliphatic carbocycles. The van der Waals surface area contributed by atoms with Crippen molar-refractivity contribution in [2.45, 2.75) is 57.9 Å². The summed E-state index contributed by atoms with van der Waals surface area (Å²) >= 11 is 0. The maximum atomic E-state index is 13.0. The van der Waals surface area contributed by atoms with Gasteiger partial charge in [-0.15, -0.1) is 0 Å². The fourth-order valence-corrected chi connectivity index (χ4v) is 3.66. The number of hydrogen-bond donors (Lipinski definition) is 1. The number of aliphatic imine (C=N–C) groups is 1. The molecule has 1 unspecified atom stereocenters. The van der Waals surface area contributed by atoms with Crippen LogP contribution in [0.1, 0.15) is 57.4 Å². The number of fused-ring (bicyclic) bond motifs is 1. The molecule has 27 heavy (non-hydrogen) atoms. The third-order valence-electron chi connectivity index (χ3n) is 5.25. The van der Waals surface area contributed by atoms with Crippen molar-refractivity contribution in [2.24, 2.45) is 10.9 Å². The summed E-state index contributed by atoms with van der Waals surface area (Å²) in [4.78, 5) is 17.3. The molecule has 1 atom stereocenters. The normalized spacial score (nSPS) is 16.8. The highest BCUT2D eigenvalue weighted by molar-refractivity contribution is 5.89. The quantitative estimate of drug-likeness (QED) is 0.701. The average Bonchev–Trinajstić information content (AvgIpc) is 2.71. The molecule has 1 aromatic heterocycles. The average molecular weight is 371 g/mol. The second kappa shape index (κ2) is 9.70. The van der Waals surface area contributed by atoms with E-state index in [1.807, 2.05) is 19.1 Å². The first-order valence-corrected chi connectivity index (χ1v) is 10.0. The Hall–Kier alpha value is -2.14. The fraction of sp³-hybridized carbons (Fsp3) is 0.545. The molecule has 1 saturated carbocycles. The first kappa shape index (κ1) is 19.6. The van der Waals surface area contributed by atoms with Gasteiger partial charge in [0.15, 0.2) is 0 Å². The van der Waals surface area contributed by atoms with Crippen molar-refractivity contribution in [3.05, 3.63) is 40.2 Å². The number of benzene rings is 1. The van der Waals surface area contributed by atoms with Gasteiger partial charge in [0.25, 0.3) is 0 Å². The van der Waals surface area contributed by atoms with E-state index in [9.17, 15) is 9.90 Å². The highest BCUT2D eigenvalue weighted by Gasteiger charge is 2.16. The lowest BCUT2D eigenvalue weighted by Crippen LogP contribution is -2.17. The smallest absolute Gasteiger partial charge is 0.205 e. The summed E-state index contributed by atoms with van der Waals surface area (Å²) in [6, 6.07) is 5.26. The van der Waals surface area contributed by atoms with E-state index in [0.29, 0.717) is 34.8 Å². The number of nitrogens with zero attached hydrogens (tertiary/aromatic N) is 1. The van der Waals surface area contributed by atoms with Crippen LogP contribution < -0.4 is 10.2 Å². The number of ether oxygens (including phenoxy) is 1. The Morgan fingerprint density at radius 3 is 2.89 bits per heavy atom. The third-order valence-corrected chi connectivity index (χ3v) is 5.25. The highest BCUT2D eigenvalue weighted by Crippen LogP contribution is 2.27. The molecule has 0 amide bonds. The SMILES string of the molecule is CCCC(CO)N=Cc1coc2cccc(OCC3CCCCC3)c2c1=O. The monoisotopic (exact) mass is 371 g/mol. The number of aliphatic hydroxyl groups excluding tert-OH is 1. The Balaban J connectivity index is 1.84. The van der Waals surface area contributed by atoms with Crippen LogP contribution in [0.15, 0.2) is 38.7 Å².